The zero-order valence-electron chi connectivity index (χ0n) is 12.0. The van der Waals surface area contributed by atoms with Crippen LogP contribution in [0.2, 0.25) is 0 Å². The summed E-state index contributed by atoms with van der Waals surface area (Å²) in [5.41, 5.74) is -0.855. The molecule has 120 valence electrons. The first-order valence-corrected chi connectivity index (χ1v) is 6.40. The molecule has 0 aliphatic carbocycles. The van der Waals surface area contributed by atoms with E-state index in [0.29, 0.717) is 5.56 Å². The number of rotatable bonds is 4. The molecule has 0 saturated carbocycles. The van der Waals surface area contributed by atoms with Crippen LogP contribution in [0.15, 0.2) is 35.1 Å². The van der Waals surface area contributed by atoms with Gasteiger partial charge in [0.25, 0.3) is 5.56 Å². The maximum absolute atomic E-state index is 13.2. The zero-order chi connectivity index (χ0) is 17.0. The highest BCUT2D eigenvalue weighted by Gasteiger charge is 2.38. The molecule has 0 aliphatic rings. The number of alkyl halides is 3. The third kappa shape index (κ3) is 3.35. The fraction of sp³-hybridized carbons (Fsp3) is 0.200. The van der Waals surface area contributed by atoms with Gasteiger partial charge in [0.15, 0.2) is 11.4 Å². The molecule has 0 fully saturated rings. The van der Waals surface area contributed by atoms with Crippen LogP contribution in [0.25, 0.3) is 11.4 Å². The summed E-state index contributed by atoms with van der Waals surface area (Å²) in [5, 5.41) is 0. The van der Waals surface area contributed by atoms with Crippen LogP contribution in [0.5, 0.6) is 0 Å². The Morgan fingerprint density at radius 2 is 2.00 bits per heavy atom. The van der Waals surface area contributed by atoms with Crippen LogP contribution >= 0.6 is 0 Å². The quantitative estimate of drug-likeness (QED) is 0.694. The third-order valence-corrected chi connectivity index (χ3v) is 2.92. The van der Waals surface area contributed by atoms with Gasteiger partial charge >= 0.3 is 6.18 Å². The molecule has 23 heavy (non-hydrogen) atoms. The second-order valence-corrected chi connectivity index (χ2v) is 4.42. The van der Waals surface area contributed by atoms with E-state index in [0.717, 1.165) is 11.7 Å². The Balaban J connectivity index is 2.83. The molecule has 0 spiro atoms. The number of benzene rings is 1. The van der Waals surface area contributed by atoms with Gasteiger partial charge in [0.2, 0.25) is 0 Å². The molecular weight excluding hydrogens is 311 g/mol. The van der Waals surface area contributed by atoms with Crippen molar-refractivity contribution in [2.45, 2.75) is 12.7 Å². The number of halogens is 3. The summed E-state index contributed by atoms with van der Waals surface area (Å²) in [4.78, 5) is 20.5. The maximum Gasteiger partial charge on any atom is 0.435 e. The molecule has 1 aromatic heterocycles. The lowest BCUT2D eigenvalue weighted by Crippen LogP contribution is -2.30. The SMILES string of the molecule is C#CCn1c(-c2ccccc2)nc(C(F)(F)F)c(NOC)c1=O. The van der Waals surface area contributed by atoms with Crippen molar-refractivity contribution in [3.63, 3.8) is 0 Å². The third-order valence-electron chi connectivity index (χ3n) is 2.92. The Hall–Kier alpha value is -2.79. The predicted molar refractivity (Wildman–Crippen MR) is 78.4 cm³/mol. The van der Waals surface area contributed by atoms with Gasteiger partial charge in [-0.25, -0.2) is 4.98 Å². The molecule has 2 rings (SSSR count). The van der Waals surface area contributed by atoms with Crippen LogP contribution in [0.3, 0.4) is 0 Å². The summed E-state index contributed by atoms with van der Waals surface area (Å²) < 4.78 is 40.6. The first-order chi connectivity index (χ1) is 10.9. The van der Waals surface area contributed by atoms with Crippen molar-refractivity contribution in [3.8, 4) is 23.7 Å². The monoisotopic (exact) mass is 323 g/mol. The average molecular weight is 323 g/mol. The molecule has 0 aliphatic heterocycles. The largest absolute Gasteiger partial charge is 0.435 e. The molecule has 8 heteroatoms. The number of anilines is 1. The standard InChI is InChI=1S/C15H12F3N3O2/c1-3-9-21-13(10-7-5-4-6-8-10)19-12(15(16,17)18)11(14(21)22)20-23-2/h1,4-8,20H,9H2,2H3. The Morgan fingerprint density at radius 3 is 2.52 bits per heavy atom. The molecule has 0 radical (unpaired) electrons. The minimum absolute atomic E-state index is 0.164. The summed E-state index contributed by atoms with van der Waals surface area (Å²) in [7, 11) is 1.09. The highest BCUT2D eigenvalue weighted by Crippen LogP contribution is 2.33. The fourth-order valence-corrected chi connectivity index (χ4v) is 2.00. The smallest absolute Gasteiger partial charge is 0.279 e. The maximum atomic E-state index is 13.2. The van der Waals surface area contributed by atoms with Crippen molar-refractivity contribution in [2.24, 2.45) is 0 Å². The number of aromatic nitrogens is 2. The number of terminal acetylenes is 1. The molecule has 0 atom stereocenters. The Labute approximate surface area is 129 Å². The molecule has 1 N–H and O–H groups in total. The van der Waals surface area contributed by atoms with Crippen molar-refractivity contribution in [1.82, 2.24) is 9.55 Å². The van der Waals surface area contributed by atoms with Gasteiger partial charge in [-0.05, 0) is 0 Å². The number of hydrogen-bond acceptors (Lipinski definition) is 4. The highest BCUT2D eigenvalue weighted by atomic mass is 19.4. The van der Waals surface area contributed by atoms with E-state index in [1.54, 1.807) is 30.3 Å². The van der Waals surface area contributed by atoms with E-state index < -0.39 is 23.1 Å². The van der Waals surface area contributed by atoms with Crippen molar-refractivity contribution < 1.29 is 18.0 Å². The van der Waals surface area contributed by atoms with Gasteiger partial charge in [-0.2, -0.15) is 13.2 Å². The Morgan fingerprint density at radius 1 is 1.35 bits per heavy atom. The van der Waals surface area contributed by atoms with Crippen LogP contribution in [0, 0.1) is 12.3 Å². The molecule has 0 amide bonds. The summed E-state index contributed by atoms with van der Waals surface area (Å²) >= 11 is 0. The van der Waals surface area contributed by atoms with Gasteiger partial charge in [-0.3, -0.25) is 19.7 Å². The zero-order valence-corrected chi connectivity index (χ0v) is 12.0. The lowest BCUT2D eigenvalue weighted by molar-refractivity contribution is -0.140. The number of hydrogen-bond donors (Lipinski definition) is 1. The predicted octanol–water partition coefficient (Wildman–Crippen LogP) is 2.54. The summed E-state index contributed by atoms with van der Waals surface area (Å²) in [6.45, 7) is -0.230. The fourth-order valence-electron chi connectivity index (χ4n) is 2.00. The molecule has 0 saturated heterocycles. The van der Waals surface area contributed by atoms with E-state index in [1.807, 2.05) is 5.48 Å². The molecular formula is C15H12F3N3O2. The topological polar surface area (TPSA) is 56.1 Å². The van der Waals surface area contributed by atoms with Crippen LogP contribution < -0.4 is 11.0 Å². The van der Waals surface area contributed by atoms with E-state index in [4.69, 9.17) is 6.42 Å². The van der Waals surface area contributed by atoms with Gasteiger partial charge in [0, 0.05) is 5.56 Å². The van der Waals surface area contributed by atoms with Gasteiger partial charge in [0.05, 0.1) is 13.7 Å². The summed E-state index contributed by atoms with van der Waals surface area (Å²) in [5.74, 6) is 2.07. The Bertz CT molecular complexity index is 793. The first kappa shape index (κ1) is 16.6. The number of nitrogens with zero attached hydrogens (tertiary/aromatic N) is 2. The normalized spacial score (nSPS) is 11.1. The van der Waals surface area contributed by atoms with Crippen LogP contribution in [0.1, 0.15) is 5.69 Å². The molecule has 0 bridgehead atoms. The minimum Gasteiger partial charge on any atom is -0.279 e. The van der Waals surface area contributed by atoms with E-state index in [9.17, 15) is 18.0 Å². The van der Waals surface area contributed by atoms with Gasteiger partial charge < -0.3 is 0 Å². The molecule has 0 unspecified atom stereocenters. The average Bonchev–Trinajstić information content (AvgIpc) is 2.51. The molecule has 2 aromatic rings. The first-order valence-electron chi connectivity index (χ1n) is 6.40. The summed E-state index contributed by atoms with van der Waals surface area (Å²) in [6, 6.07) is 8.02. The second kappa shape index (κ2) is 6.54. The van der Waals surface area contributed by atoms with Gasteiger partial charge in [-0.15, -0.1) is 6.42 Å². The van der Waals surface area contributed by atoms with Gasteiger partial charge in [-0.1, -0.05) is 36.3 Å². The van der Waals surface area contributed by atoms with Crippen molar-refractivity contribution in [3.05, 3.63) is 46.4 Å². The molecule has 5 nitrogen and oxygen atoms in total. The van der Waals surface area contributed by atoms with Crippen LogP contribution in [-0.2, 0) is 17.6 Å². The van der Waals surface area contributed by atoms with Crippen molar-refractivity contribution in [2.75, 3.05) is 12.6 Å². The molecule has 1 heterocycles. The summed E-state index contributed by atoms with van der Waals surface area (Å²) in [6.07, 6.45) is 0.378. The lowest BCUT2D eigenvalue weighted by Gasteiger charge is -2.17. The minimum atomic E-state index is -4.83. The number of nitrogens with one attached hydrogen (secondary N) is 1. The van der Waals surface area contributed by atoms with E-state index >= 15 is 0 Å². The second-order valence-electron chi connectivity index (χ2n) is 4.42. The Kier molecular flexibility index (Phi) is 4.71. The highest BCUT2D eigenvalue weighted by molar-refractivity contribution is 5.59. The van der Waals surface area contributed by atoms with E-state index in [2.05, 4.69) is 15.7 Å². The van der Waals surface area contributed by atoms with Crippen molar-refractivity contribution in [1.29, 1.82) is 0 Å². The van der Waals surface area contributed by atoms with Crippen LogP contribution in [0.4, 0.5) is 18.9 Å². The van der Waals surface area contributed by atoms with E-state index in [1.165, 1.54) is 0 Å². The van der Waals surface area contributed by atoms with Crippen LogP contribution in [-0.4, -0.2) is 16.7 Å². The van der Waals surface area contributed by atoms with Gasteiger partial charge in [0.1, 0.15) is 5.82 Å². The van der Waals surface area contributed by atoms with Crippen molar-refractivity contribution >= 4 is 5.69 Å². The molecule has 1 aromatic carbocycles. The van der Waals surface area contributed by atoms with E-state index in [-0.39, 0.29) is 12.4 Å². The lowest BCUT2D eigenvalue weighted by atomic mass is 10.2.